The van der Waals surface area contributed by atoms with E-state index in [-0.39, 0.29) is 16.7 Å². The number of rotatable bonds is 24. The number of esters is 1. The van der Waals surface area contributed by atoms with E-state index in [4.69, 9.17) is 42.9 Å². The van der Waals surface area contributed by atoms with E-state index in [2.05, 4.69) is 26.8 Å². The average Bonchev–Trinajstić information content (AvgIpc) is 3.49. The number of ether oxygens (including phenoxy) is 7. The summed E-state index contributed by atoms with van der Waals surface area (Å²) in [6.45, 7) is 14.3. The molecule has 2 heterocycles. The molecule has 1 atom stereocenters. The van der Waals surface area contributed by atoms with Gasteiger partial charge in [0.2, 0.25) is 0 Å². The van der Waals surface area contributed by atoms with Gasteiger partial charge < -0.3 is 38.0 Å². The maximum absolute atomic E-state index is 13.1. The highest BCUT2D eigenvalue weighted by atomic mass is 17.2. The van der Waals surface area contributed by atoms with Gasteiger partial charge in [-0.15, -0.1) is 0 Å². The molecule has 0 spiro atoms. The molecule has 2 aliphatic heterocycles. The van der Waals surface area contributed by atoms with Crippen LogP contribution in [0.15, 0.2) is 84.9 Å². The molecule has 0 amide bonds. The van der Waals surface area contributed by atoms with Crippen molar-refractivity contribution in [2.24, 2.45) is 10.8 Å². The Morgan fingerprint density at radius 3 is 1.62 bits per heavy atom. The van der Waals surface area contributed by atoms with Crippen LogP contribution in [-0.4, -0.2) is 72.0 Å². The van der Waals surface area contributed by atoms with Gasteiger partial charge in [-0.2, -0.15) is 4.89 Å². The Balaban J connectivity index is 0.797. The molecule has 0 saturated carbocycles. The molecule has 10 heteroatoms. The summed E-state index contributed by atoms with van der Waals surface area (Å²) in [6, 6.07) is 26.7. The Labute approximate surface area is 342 Å². The van der Waals surface area contributed by atoms with Crippen LogP contribution in [0.4, 0.5) is 0 Å². The second-order valence-electron chi connectivity index (χ2n) is 16.0. The largest absolute Gasteiger partial charge is 0.494 e. The molecule has 1 aliphatic carbocycles. The normalized spacial score (nSPS) is 17.1. The lowest BCUT2D eigenvalue weighted by Gasteiger charge is -2.40. The molecule has 1 unspecified atom stereocenters. The third-order valence-electron chi connectivity index (χ3n) is 11.7. The van der Waals surface area contributed by atoms with Crippen molar-refractivity contribution in [3.05, 3.63) is 107 Å². The first-order chi connectivity index (χ1) is 28.4. The van der Waals surface area contributed by atoms with Gasteiger partial charge in [0.1, 0.15) is 23.9 Å². The van der Waals surface area contributed by atoms with Crippen molar-refractivity contribution >= 4 is 5.97 Å². The number of fused-ring (bicyclic) bond motifs is 3. The van der Waals surface area contributed by atoms with Gasteiger partial charge in [0, 0.05) is 30.0 Å². The van der Waals surface area contributed by atoms with E-state index in [1.807, 2.05) is 54.6 Å². The van der Waals surface area contributed by atoms with Crippen LogP contribution in [0.5, 0.6) is 23.0 Å². The predicted octanol–water partition coefficient (Wildman–Crippen LogP) is 9.75. The van der Waals surface area contributed by atoms with Gasteiger partial charge in [-0.25, -0.2) is 4.79 Å². The van der Waals surface area contributed by atoms with E-state index in [1.54, 1.807) is 24.3 Å². The maximum atomic E-state index is 13.1. The van der Waals surface area contributed by atoms with E-state index >= 15 is 0 Å². The van der Waals surface area contributed by atoms with Crippen LogP contribution in [0.25, 0.3) is 11.1 Å². The molecule has 3 aliphatic rings. The zero-order valence-electron chi connectivity index (χ0n) is 34.3. The number of hydrogen-bond acceptors (Lipinski definition) is 10. The summed E-state index contributed by atoms with van der Waals surface area (Å²) in [4.78, 5) is 24.4. The first kappa shape index (κ1) is 41.7. The Bertz CT molecular complexity index is 1910. The fraction of sp³-hybridized carbons (Fsp3) is 0.479. The average molecular weight is 795 g/mol. The molecule has 4 aromatic carbocycles. The van der Waals surface area contributed by atoms with E-state index in [0.29, 0.717) is 36.9 Å². The Morgan fingerprint density at radius 1 is 0.621 bits per heavy atom. The Morgan fingerprint density at radius 2 is 1.10 bits per heavy atom. The lowest BCUT2D eigenvalue weighted by molar-refractivity contribution is -0.217. The molecule has 0 N–H and O–H groups in total. The van der Waals surface area contributed by atoms with Gasteiger partial charge in [0.25, 0.3) is 0 Å². The van der Waals surface area contributed by atoms with E-state index in [0.717, 1.165) is 131 Å². The first-order valence-electron chi connectivity index (χ1n) is 20.9. The van der Waals surface area contributed by atoms with E-state index < -0.39 is 5.97 Å². The number of carbonyl (C=O) groups is 1. The quantitative estimate of drug-likeness (QED) is 0.0224. The van der Waals surface area contributed by atoms with Gasteiger partial charge in [0.15, 0.2) is 5.75 Å². The monoisotopic (exact) mass is 794 g/mol. The molecule has 10 nitrogen and oxygen atoms in total. The zero-order chi connectivity index (χ0) is 40.2. The summed E-state index contributed by atoms with van der Waals surface area (Å²) < 4.78 is 40.1. The maximum Gasteiger partial charge on any atom is 0.343 e. The molecule has 2 fully saturated rings. The van der Waals surface area contributed by atoms with Gasteiger partial charge in [0.05, 0.1) is 58.4 Å². The fourth-order valence-electron chi connectivity index (χ4n) is 7.40. The Kier molecular flexibility index (Phi) is 14.4. The van der Waals surface area contributed by atoms with Crippen molar-refractivity contribution in [2.45, 2.75) is 71.8 Å². The van der Waals surface area contributed by atoms with Crippen molar-refractivity contribution in [1.82, 2.24) is 0 Å². The van der Waals surface area contributed by atoms with Crippen molar-refractivity contribution in [3.63, 3.8) is 0 Å². The standard InChI is InChI=1S/C48H58O10/c1-4-47(31-52-32-47)29-50-22-6-8-24-54-38-14-10-36(11-15-38)28-56-58-41-19-21-43-42-20-18-40(26-44(42)35(3)45(43)27-41)57-46(49)37-12-16-39(17-13-37)55-25-9-7-23-51-30-48(5-2)33-53-34-48/h10-21,26-27,35H,4-9,22-25,28-34H2,1-3H3. The highest BCUT2D eigenvalue weighted by molar-refractivity contribution is 5.91. The van der Waals surface area contributed by atoms with Crippen molar-refractivity contribution in [1.29, 1.82) is 0 Å². The highest BCUT2D eigenvalue weighted by Crippen LogP contribution is 2.47. The number of benzene rings is 4. The van der Waals surface area contributed by atoms with Crippen LogP contribution in [0.2, 0.25) is 0 Å². The summed E-state index contributed by atoms with van der Waals surface area (Å²) in [5.74, 6) is 2.34. The highest BCUT2D eigenvalue weighted by Gasteiger charge is 2.37. The van der Waals surface area contributed by atoms with E-state index in [9.17, 15) is 4.79 Å². The molecule has 0 aromatic heterocycles. The molecule has 7 rings (SSSR count). The summed E-state index contributed by atoms with van der Waals surface area (Å²) in [6.07, 6.45) is 5.91. The number of carbonyl (C=O) groups excluding carboxylic acids is 1. The molecule has 58 heavy (non-hydrogen) atoms. The van der Waals surface area contributed by atoms with Crippen molar-refractivity contribution in [3.8, 4) is 34.1 Å². The van der Waals surface area contributed by atoms with Gasteiger partial charge in [-0.05, 0) is 127 Å². The van der Waals surface area contributed by atoms with Crippen LogP contribution in [-0.2, 0) is 30.4 Å². The van der Waals surface area contributed by atoms with Gasteiger partial charge in [-0.1, -0.05) is 45.0 Å². The number of unbranched alkanes of at least 4 members (excludes halogenated alkanes) is 2. The smallest absolute Gasteiger partial charge is 0.343 e. The summed E-state index contributed by atoms with van der Waals surface area (Å²) >= 11 is 0. The summed E-state index contributed by atoms with van der Waals surface area (Å²) in [5.41, 5.74) is 6.35. The van der Waals surface area contributed by atoms with Gasteiger partial charge >= 0.3 is 5.97 Å². The molecular formula is C48H58O10. The summed E-state index contributed by atoms with van der Waals surface area (Å²) in [5, 5.41) is 0. The second-order valence-corrected chi connectivity index (χ2v) is 16.0. The minimum Gasteiger partial charge on any atom is -0.494 e. The summed E-state index contributed by atoms with van der Waals surface area (Å²) in [7, 11) is 0. The lowest BCUT2D eigenvalue weighted by Crippen LogP contribution is -2.45. The zero-order valence-corrected chi connectivity index (χ0v) is 34.3. The SMILES string of the molecule is CCC1(COCCCCOc2ccc(COOc3ccc4c(c3)C(C)c3cc(OC(=O)c5ccc(OCCCCOCC6(CC)COC6)cc5)ccc3-4)cc2)COC1. The molecule has 310 valence electrons. The molecule has 0 bridgehead atoms. The number of hydrogen-bond donors (Lipinski definition) is 0. The predicted molar refractivity (Wildman–Crippen MR) is 221 cm³/mol. The second kappa shape index (κ2) is 20.0. The van der Waals surface area contributed by atoms with Crippen LogP contribution in [0.1, 0.15) is 92.3 Å². The van der Waals surface area contributed by atoms with Crippen LogP contribution >= 0.6 is 0 Å². The molecule has 4 aromatic rings. The van der Waals surface area contributed by atoms with E-state index in [1.165, 1.54) is 0 Å². The third kappa shape index (κ3) is 10.6. The van der Waals surface area contributed by atoms with Crippen LogP contribution in [0, 0.1) is 10.8 Å². The molecule has 0 radical (unpaired) electrons. The molecular weight excluding hydrogens is 737 g/mol. The van der Waals surface area contributed by atoms with Crippen LogP contribution < -0.4 is 19.1 Å². The van der Waals surface area contributed by atoms with Crippen LogP contribution in [0.3, 0.4) is 0 Å². The topological polar surface area (TPSA) is 100 Å². The first-order valence-corrected chi connectivity index (χ1v) is 20.9. The fourth-order valence-corrected chi connectivity index (χ4v) is 7.40. The molecule has 2 saturated heterocycles. The Hall–Kier alpha value is -4.45. The van der Waals surface area contributed by atoms with Crippen molar-refractivity contribution < 1.29 is 47.7 Å². The lowest BCUT2D eigenvalue weighted by atomic mass is 9.84. The minimum atomic E-state index is -0.416. The van der Waals surface area contributed by atoms with Gasteiger partial charge in [-0.3, -0.25) is 0 Å². The third-order valence-corrected chi connectivity index (χ3v) is 11.7. The van der Waals surface area contributed by atoms with Crippen molar-refractivity contribution in [2.75, 3.05) is 66.1 Å². The minimum absolute atomic E-state index is 0.0798.